The number of rotatable bonds is 6. The molecule has 24 heavy (non-hydrogen) atoms. The van der Waals surface area contributed by atoms with Crippen LogP contribution in [0.1, 0.15) is 17.1 Å². The fraction of sp³-hybridized carbons (Fsp3) is 0.286. The van der Waals surface area contributed by atoms with E-state index in [0.717, 1.165) is 24.0 Å². The van der Waals surface area contributed by atoms with E-state index in [2.05, 4.69) is 15.0 Å². The molecule has 0 aliphatic carbocycles. The zero-order valence-electron chi connectivity index (χ0n) is 12.2. The van der Waals surface area contributed by atoms with Gasteiger partial charge in [0.25, 0.3) is 0 Å². The number of hydrogen-bond donors (Lipinski definition) is 2. The number of nitrogens with zero attached hydrogens (tertiary/aromatic N) is 3. The third kappa shape index (κ3) is 5.17. The van der Waals surface area contributed by atoms with Crippen molar-refractivity contribution in [1.29, 1.82) is 0 Å². The molecule has 0 saturated carbocycles. The van der Waals surface area contributed by atoms with Crippen molar-refractivity contribution in [3.05, 3.63) is 47.5 Å². The van der Waals surface area contributed by atoms with Crippen molar-refractivity contribution < 1.29 is 23.1 Å². The molecule has 0 radical (unpaired) electrons. The molecule has 10 heteroatoms. The van der Waals surface area contributed by atoms with E-state index in [-0.39, 0.29) is 17.3 Å². The highest BCUT2D eigenvalue weighted by Gasteiger charge is 2.32. The highest BCUT2D eigenvalue weighted by atomic mass is 32.2. The van der Waals surface area contributed by atoms with E-state index >= 15 is 0 Å². The third-order valence-corrected chi connectivity index (χ3v) is 3.78. The Morgan fingerprint density at radius 3 is 2.62 bits per heavy atom. The van der Waals surface area contributed by atoms with Gasteiger partial charge in [0.05, 0.1) is 5.69 Å². The number of carboxylic acids is 1. The van der Waals surface area contributed by atoms with Crippen molar-refractivity contribution >= 4 is 17.7 Å². The van der Waals surface area contributed by atoms with Crippen molar-refractivity contribution in [2.75, 3.05) is 0 Å². The van der Waals surface area contributed by atoms with Gasteiger partial charge in [0.15, 0.2) is 5.16 Å². The van der Waals surface area contributed by atoms with Crippen LogP contribution in [0.2, 0.25) is 0 Å². The second-order valence-corrected chi connectivity index (χ2v) is 5.72. The Bertz CT molecular complexity index is 727. The summed E-state index contributed by atoms with van der Waals surface area (Å²) in [6, 6.07) is 4.73. The summed E-state index contributed by atoms with van der Waals surface area (Å²) in [5.41, 5.74) is 5.50. The first-order chi connectivity index (χ1) is 11.3. The quantitative estimate of drug-likeness (QED) is 0.602. The molecule has 0 aromatic carbocycles. The first-order valence-corrected chi connectivity index (χ1v) is 7.70. The molecule has 2 heterocycles. The van der Waals surface area contributed by atoms with Gasteiger partial charge in [0, 0.05) is 24.1 Å². The van der Waals surface area contributed by atoms with Gasteiger partial charge in [-0.2, -0.15) is 13.2 Å². The maximum Gasteiger partial charge on any atom is 0.433 e. The highest BCUT2D eigenvalue weighted by molar-refractivity contribution is 7.98. The van der Waals surface area contributed by atoms with Crippen LogP contribution in [0.25, 0.3) is 0 Å². The molecule has 0 bridgehead atoms. The Morgan fingerprint density at radius 2 is 1.96 bits per heavy atom. The molecule has 0 spiro atoms. The van der Waals surface area contributed by atoms with Crippen LogP contribution in [0.5, 0.6) is 0 Å². The summed E-state index contributed by atoms with van der Waals surface area (Å²) in [5.74, 6) is -0.883. The van der Waals surface area contributed by atoms with Crippen molar-refractivity contribution in [3.8, 4) is 0 Å². The lowest BCUT2D eigenvalue weighted by Gasteiger charge is -2.08. The number of aromatic nitrogens is 3. The molecule has 128 valence electrons. The lowest BCUT2D eigenvalue weighted by atomic mass is 10.1. The maximum atomic E-state index is 12.6. The largest absolute Gasteiger partial charge is 0.480 e. The summed E-state index contributed by atoms with van der Waals surface area (Å²) in [4.78, 5) is 22.2. The van der Waals surface area contributed by atoms with E-state index in [9.17, 15) is 18.0 Å². The summed E-state index contributed by atoms with van der Waals surface area (Å²) >= 11 is 1.01. The van der Waals surface area contributed by atoms with Gasteiger partial charge >= 0.3 is 12.1 Å². The monoisotopic (exact) mass is 358 g/mol. The first-order valence-electron chi connectivity index (χ1n) is 6.72. The molecule has 0 unspecified atom stereocenters. The predicted molar refractivity (Wildman–Crippen MR) is 80.1 cm³/mol. The van der Waals surface area contributed by atoms with Crippen LogP contribution in [-0.4, -0.2) is 32.1 Å². The minimum Gasteiger partial charge on any atom is -0.480 e. The number of carbonyl (C=O) groups is 1. The average Bonchev–Trinajstić information content (AvgIpc) is 2.52. The maximum absolute atomic E-state index is 12.6. The number of nitrogens with two attached hydrogens (primary N) is 1. The number of hydrogen-bond acceptors (Lipinski definition) is 6. The van der Waals surface area contributed by atoms with E-state index in [1.54, 1.807) is 18.2 Å². The Hall–Kier alpha value is -2.20. The smallest absolute Gasteiger partial charge is 0.433 e. The fourth-order valence-corrected chi connectivity index (χ4v) is 2.48. The minimum atomic E-state index is -4.52. The number of pyridine rings is 1. The lowest BCUT2D eigenvalue weighted by Crippen LogP contribution is -2.32. The molecule has 2 rings (SSSR count). The van der Waals surface area contributed by atoms with Crippen molar-refractivity contribution in [2.24, 2.45) is 5.73 Å². The second-order valence-electron chi connectivity index (χ2n) is 4.78. The molecule has 0 fully saturated rings. The number of alkyl halides is 3. The summed E-state index contributed by atoms with van der Waals surface area (Å²) < 4.78 is 37.8. The Morgan fingerprint density at radius 1 is 1.25 bits per heavy atom. The molecule has 1 atom stereocenters. The molecule has 2 aromatic rings. The van der Waals surface area contributed by atoms with Crippen LogP contribution in [0, 0.1) is 0 Å². The molecule has 6 nitrogen and oxygen atoms in total. The average molecular weight is 358 g/mol. The van der Waals surface area contributed by atoms with Gasteiger partial charge in [0.2, 0.25) is 0 Å². The van der Waals surface area contributed by atoms with Crippen LogP contribution < -0.4 is 5.73 Å². The van der Waals surface area contributed by atoms with Crippen molar-refractivity contribution in [3.63, 3.8) is 0 Å². The van der Waals surface area contributed by atoms with Gasteiger partial charge in [0.1, 0.15) is 11.7 Å². The van der Waals surface area contributed by atoms with Gasteiger partial charge in [-0.05, 0) is 18.2 Å². The zero-order valence-corrected chi connectivity index (χ0v) is 13.0. The molecule has 0 saturated heterocycles. The summed E-state index contributed by atoms with van der Waals surface area (Å²) in [5, 5.41) is 8.78. The number of aliphatic carboxylic acids is 1. The molecule has 0 aliphatic rings. The summed E-state index contributed by atoms with van der Waals surface area (Å²) in [6.45, 7) is 0. The number of halogens is 3. The van der Waals surface area contributed by atoms with E-state index in [1.165, 1.54) is 0 Å². The van der Waals surface area contributed by atoms with Crippen LogP contribution >= 0.6 is 11.8 Å². The summed E-state index contributed by atoms with van der Waals surface area (Å²) in [6.07, 6.45) is -3.41. The highest BCUT2D eigenvalue weighted by Crippen LogP contribution is 2.28. The van der Waals surface area contributed by atoms with Crippen LogP contribution in [0.4, 0.5) is 13.2 Å². The lowest BCUT2D eigenvalue weighted by molar-refractivity contribution is -0.141. The second kappa shape index (κ2) is 7.58. The SMILES string of the molecule is N[C@@H](Cc1cccc(CSc2nccc(C(F)(F)F)n2)n1)C(=O)O. The molecule has 0 aliphatic heterocycles. The zero-order chi connectivity index (χ0) is 17.7. The first kappa shape index (κ1) is 18.1. The van der Waals surface area contributed by atoms with Crippen LogP contribution in [0.3, 0.4) is 0 Å². The van der Waals surface area contributed by atoms with Crippen LogP contribution in [0.15, 0.2) is 35.6 Å². The van der Waals surface area contributed by atoms with E-state index in [0.29, 0.717) is 11.4 Å². The third-order valence-electron chi connectivity index (χ3n) is 2.88. The van der Waals surface area contributed by atoms with Gasteiger partial charge in [-0.1, -0.05) is 17.8 Å². The van der Waals surface area contributed by atoms with Gasteiger partial charge in [-0.15, -0.1) is 0 Å². The van der Waals surface area contributed by atoms with E-state index in [4.69, 9.17) is 10.8 Å². The van der Waals surface area contributed by atoms with E-state index in [1.807, 2.05) is 0 Å². The van der Waals surface area contributed by atoms with Gasteiger partial charge < -0.3 is 10.8 Å². The van der Waals surface area contributed by atoms with Crippen LogP contribution in [-0.2, 0) is 23.1 Å². The molecule has 2 aromatic heterocycles. The molecular weight excluding hydrogens is 345 g/mol. The minimum absolute atomic E-state index is 0.0146. The normalized spacial score (nSPS) is 12.8. The topological polar surface area (TPSA) is 102 Å². The fourth-order valence-electron chi connectivity index (χ4n) is 1.74. The molecular formula is C14H13F3N4O2S. The number of thioether (sulfide) groups is 1. The molecule has 0 amide bonds. The Kier molecular flexibility index (Phi) is 5.73. The molecule has 3 N–H and O–H groups in total. The number of carboxylic acid groups (broad SMARTS) is 1. The van der Waals surface area contributed by atoms with E-state index < -0.39 is 23.9 Å². The standard InChI is InChI=1S/C14H13F3N4O2S/c15-14(16,17)11-4-5-19-13(21-11)24-7-9-3-1-2-8(20-9)6-10(18)12(22)23/h1-5,10H,6-7,18H2,(H,22,23)/t10-/m0/s1. The van der Waals surface area contributed by atoms with Crippen molar-refractivity contribution in [1.82, 2.24) is 15.0 Å². The Labute approximate surface area is 139 Å². The summed E-state index contributed by atoms with van der Waals surface area (Å²) in [7, 11) is 0. The van der Waals surface area contributed by atoms with Crippen molar-refractivity contribution in [2.45, 2.75) is 29.5 Å². The van der Waals surface area contributed by atoms with Gasteiger partial charge in [-0.3, -0.25) is 9.78 Å². The Balaban J connectivity index is 2.03. The predicted octanol–water partition coefficient (Wildman–Crippen LogP) is 2.14. The van der Waals surface area contributed by atoms with Gasteiger partial charge in [-0.25, -0.2) is 9.97 Å².